The Hall–Kier alpha value is -1.44. The third-order valence-electron chi connectivity index (χ3n) is 5.74. The van der Waals surface area contributed by atoms with Gasteiger partial charge in [0, 0.05) is 24.3 Å². The summed E-state index contributed by atoms with van der Waals surface area (Å²) in [6.07, 6.45) is 0.905. The van der Waals surface area contributed by atoms with Crippen LogP contribution in [0.4, 0.5) is 0 Å². The second-order valence-electron chi connectivity index (χ2n) is 8.64. The normalized spacial score (nSPS) is 13.7. The minimum atomic E-state index is -0.671. The van der Waals surface area contributed by atoms with Gasteiger partial charge in [-0.05, 0) is 48.2 Å². The molecule has 7 heteroatoms. The highest BCUT2D eigenvalue weighted by Crippen LogP contribution is 2.33. The molecule has 0 radical (unpaired) electrons. The van der Waals surface area contributed by atoms with E-state index in [4.69, 9.17) is 21.1 Å². The van der Waals surface area contributed by atoms with Crippen LogP contribution in [0.1, 0.15) is 31.9 Å². The van der Waals surface area contributed by atoms with E-state index in [1.807, 2.05) is 48.2 Å². The van der Waals surface area contributed by atoms with Crippen molar-refractivity contribution >= 4 is 23.4 Å². The molecule has 0 heterocycles. The first-order chi connectivity index (χ1) is 15.8. The number of likely N-dealkylation sites (N-methyl/N-ethyl adjacent to an activating group) is 1. The summed E-state index contributed by atoms with van der Waals surface area (Å²) >= 11 is 7.42. The number of ether oxygens (including phenoxy) is 2. The largest absolute Gasteiger partial charge is 0.491 e. The molecular formula is C26H38ClNO4S. The van der Waals surface area contributed by atoms with Crippen LogP contribution in [0.25, 0.3) is 0 Å². The number of benzene rings is 2. The minimum absolute atomic E-state index is 0.152. The highest BCUT2D eigenvalue weighted by molar-refractivity contribution is 7.98. The Labute approximate surface area is 208 Å². The van der Waals surface area contributed by atoms with Crippen LogP contribution < -0.4 is 9.47 Å². The zero-order chi connectivity index (χ0) is 24.3. The molecule has 0 aliphatic heterocycles. The molecule has 2 atom stereocenters. The van der Waals surface area contributed by atoms with Gasteiger partial charge in [0.15, 0.2) is 0 Å². The molecule has 5 nitrogen and oxygen atoms in total. The summed E-state index contributed by atoms with van der Waals surface area (Å²) in [7, 11) is 0. The Kier molecular flexibility index (Phi) is 11.9. The fourth-order valence-electron chi connectivity index (χ4n) is 3.48. The lowest BCUT2D eigenvalue weighted by Crippen LogP contribution is -2.36. The molecule has 0 amide bonds. The Balaban J connectivity index is 1.92. The summed E-state index contributed by atoms with van der Waals surface area (Å²) in [5.74, 6) is 2.67. The summed E-state index contributed by atoms with van der Waals surface area (Å²) in [6, 6.07) is 16.0. The Bertz CT molecular complexity index is 801. The van der Waals surface area contributed by atoms with Crippen LogP contribution in [0.2, 0.25) is 0 Å². The van der Waals surface area contributed by atoms with Crippen LogP contribution >= 0.6 is 23.4 Å². The highest BCUT2D eigenvalue weighted by atomic mass is 35.5. The number of halogens is 1. The molecule has 0 aliphatic carbocycles. The van der Waals surface area contributed by atoms with E-state index >= 15 is 0 Å². The molecule has 0 saturated heterocycles. The first-order valence-electron chi connectivity index (χ1n) is 11.4. The first kappa shape index (κ1) is 27.8. The summed E-state index contributed by atoms with van der Waals surface area (Å²) in [5, 5.41) is 19.9. The van der Waals surface area contributed by atoms with E-state index in [2.05, 4.69) is 44.1 Å². The van der Waals surface area contributed by atoms with E-state index in [9.17, 15) is 10.2 Å². The van der Waals surface area contributed by atoms with Gasteiger partial charge in [-0.2, -0.15) is 11.8 Å². The van der Waals surface area contributed by atoms with Crippen molar-refractivity contribution in [3.63, 3.8) is 0 Å². The Morgan fingerprint density at radius 1 is 0.909 bits per heavy atom. The number of nitrogens with zero attached hydrogens (tertiary/aromatic N) is 1. The molecule has 0 spiro atoms. The fourth-order valence-corrected chi connectivity index (χ4v) is 4.01. The van der Waals surface area contributed by atoms with Crippen molar-refractivity contribution in [2.24, 2.45) is 0 Å². The molecule has 0 aromatic heterocycles. The summed E-state index contributed by atoms with van der Waals surface area (Å²) < 4.78 is 11.4. The quantitative estimate of drug-likeness (QED) is 0.357. The van der Waals surface area contributed by atoms with Gasteiger partial charge in [-0.15, -0.1) is 11.6 Å². The molecule has 0 unspecified atom stereocenters. The van der Waals surface area contributed by atoms with Gasteiger partial charge in [0.25, 0.3) is 0 Å². The molecular weight excluding hydrogens is 458 g/mol. The fraction of sp³-hybridized carbons (Fsp3) is 0.538. The average molecular weight is 496 g/mol. The zero-order valence-corrected chi connectivity index (χ0v) is 21.7. The van der Waals surface area contributed by atoms with Crippen LogP contribution in [-0.2, 0) is 5.41 Å². The number of aliphatic hydroxyl groups is 2. The third-order valence-corrected chi connectivity index (χ3v) is 6.69. The molecule has 2 rings (SSSR count). The van der Waals surface area contributed by atoms with Crippen molar-refractivity contribution in [1.29, 1.82) is 0 Å². The predicted molar refractivity (Wildman–Crippen MR) is 139 cm³/mol. The monoisotopic (exact) mass is 495 g/mol. The van der Waals surface area contributed by atoms with Crippen molar-refractivity contribution < 1.29 is 19.7 Å². The number of alkyl halides is 1. The van der Waals surface area contributed by atoms with E-state index in [1.165, 1.54) is 0 Å². The van der Waals surface area contributed by atoms with E-state index in [1.54, 1.807) is 0 Å². The van der Waals surface area contributed by atoms with Crippen LogP contribution in [0.3, 0.4) is 0 Å². The number of aliphatic hydroxyl groups excluding tert-OH is 2. The van der Waals surface area contributed by atoms with Crippen molar-refractivity contribution in [2.75, 3.05) is 50.7 Å². The standard InChI is InChI=1S/C26H38ClNO4S/c1-5-28(14-15-33-4)17-23(30)19-32-25-12-8-21(9-13-25)26(2,3)20-6-10-24(11-7-20)31-18-22(29)16-27/h6-13,22-23,29-30H,5,14-19H2,1-4H3/t22-,23+/m0/s1. The molecule has 2 N–H and O–H groups in total. The minimum Gasteiger partial charge on any atom is -0.491 e. The van der Waals surface area contributed by atoms with Crippen LogP contribution in [0.15, 0.2) is 48.5 Å². The molecule has 2 aromatic carbocycles. The lowest BCUT2D eigenvalue weighted by molar-refractivity contribution is 0.0720. The van der Waals surface area contributed by atoms with E-state index in [-0.39, 0.29) is 24.5 Å². The Morgan fingerprint density at radius 2 is 1.39 bits per heavy atom. The first-order valence-corrected chi connectivity index (χ1v) is 13.3. The smallest absolute Gasteiger partial charge is 0.119 e. The number of hydrogen-bond acceptors (Lipinski definition) is 6. The van der Waals surface area contributed by atoms with Gasteiger partial charge < -0.3 is 24.6 Å². The number of thioether (sulfide) groups is 1. The Morgan fingerprint density at radius 3 is 1.82 bits per heavy atom. The molecule has 0 saturated carbocycles. The van der Waals surface area contributed by atoms with Crippen molar-refractivity contribution in [2.45, 2.75) is 38.4 Å². The third kappa shape index (κ3) is 9.02. The van der Waals surface area contributed by atoms with Gasteiger partial charge in [0.1, 0.15) is 36.9 Å². The van der Waals surface area contributed by atoms with Gasteiger partial charge >= 0.3 is 0 Å². The van der Waals surface area contributed by atoms with Crippen molar-refractivity contribution in [3.8, 4) is 11.5 Å². The number of hydrogen-bond donors (Lipinski definition) is 2. The zero-order valence-electron chi connectivity index (χ0n) is 20.2. The van der Waals surface area contributed by atoms with E-state index in [0.29, 0.717) is 12.3 Å². The van der Waals surface area contributed by atoms with Gasteiger partial charge in [-0.1, -0.05) is 45.0 Å². The maximum absolute atomic E-state index is 10.3. The summed E-state index contributed by atoms with van der Waals surface area (Å²) in [5.41, 5.74) is 2.11. The SMILES string of the molecule is CCN(CCSC)C[C@@H](O)COc1ccc(C(C)(C)c2ccc(OC[C@@H](O)CCl)cc2)cc1. The second kappa shape index (κ2) is 14.1. The molecule has 0 fully saturated rings. The second-order valence-corrected chi connectivity index (χ2v) is 9.94. The summed E-state index contributed by atoms with van der Waals surface area (Å²) in [6.45, 7) is 9.43. The molecule has 0 aliphatic rings. The van der Waals surface area contributed by atoms with Crippen LogP contribution in [0.5, 0.6) is 11.5 Å². The highest BCUT2D eigenvalue weighted by Gasteiger charge is 2.23. The lowest BCUT2D eigenvalue weighted by Gasteiger charge is -2.27. The van der Waals surface area contributed by atoms with Gasteiger partial charge in [-0.3, -0.25) is 0 Å². The van der Waals surface area contributed by atoms with Gasteiger partial charge in [0.05, 0.1) is 5.88 Å². The van der Waals surface area contributed by atoms with Crippen molar-refractivity contribution in [3.05, 3.63) is 59.7 Å². The molecule has 0 bridgehead atoms. The van der Waals surface area contributed by atoms with E-state index < -0.39 is 12.2 Å². The topological polar surface area (TPSA) is 62.2 Å². The molecule has 184 valence electrons. The van der Waals surface area contributed by atoms with E-state index in [0.717, 1.165) is 35.7 Å². The average Bonchev–Trinajstić information content (AvgIpc) is 2.84. The number of rotatable bonds is 15. The lowest BCUT2D eigenvalue weighted by atomic mass is 9.78. The van der Waals surface area contributed by atoms with Crippen LogP contribution in [-0.4, -0.2) is 78.1 Å². The molecule has 2 aromatic rings. The van der Waals surface area contributed by atoms with Gasteiger partial charge in [-0.25, -0.2) is 0 Å². The maximum Gasteiger partial charge on any atom is 0.119 e. The maximum atomic E-state index is 10.3. The molecule has 33 heavy (non-hydrogen) atoms. The van der Waals surface area contributed by atoms with Gasteiger partial charge in [0.2, 0.25) is 0 Å². The van der Waals surface area contributed by atoms with Crippen LogP contribution in [0, 0.1) is 0 Å². The van der Waals surface area contributed by atoms with Crippen molar-refractivity contribution in [1.82, 2.24) is 4.90 Å². The predicted octanol–water partition coefficient (Wildman–Crippen LogP) is 4.42. The summed E-state index contributed by atoms with van der Waals surface area (Å²) in [4.78, 5) is 2.24.